The lowest BCUT2D eigenvalue weighted by molar-refractivity contribution is -0.00498. The maximum atomic E-state index is 12.6. The van der Waals surface area contributed by atoms with E-state index in [9.17, 15) is 14.4 Å². The highest BCUT2D eigenvalue weighted by molar-refractivity contribution is 6.21. The lowest BCUT2D eigenvalue weighted by Gasteiger charge is -2.28. The number of nitrogens with two attached hydrogens (primary N) is 1. The number of unbranched alkanes of at least 4 members (excludes halogenated alkanes) is 1. The van der Waals surface area contributed by atoms with Crippen LogP contribution in [0.2, 0.25) is 0 Å². The molecule has 0 fully saturated rings. The van der Waals surface area contributed by atoms with Crippen molar-refractivity contribution in [1.82, 2.24) is 19.7 Å². The molecule has 0 unspecified atom stereocenters. The summed E-state index contributed by atoms with van der Waals surface area (Å²) in [5.74, 6) is -1.12. The number of hydrogen-bond acceptors (Lipinski definition) is 6. The summed E-state index contributed by atoms with van der Waals surface area (Å²) in [5, 5.41) is 1.82. The first-order valence-electron chi connectivity index (χ1n) is 7.79. The van der Waals surface area contributed by atoms with Gasteiger partial charge in [0.2, 0.25) is 0 Å². The quantitative estimate of drug-likeness (QED) is 0.610. The fourth-order valence-electron chi connectivity index (χ4n) is 2.51. The summed E-state index contributed by atoms with van der Waals surface area (Å²) >= 11 is 0. The maximum absolute atomic E-state index is 12.6. The molecule has 2 N–H and O–H groups in total. The largest absolute Gasteiger partial charge is 0.454 e. The van der Waals surface area contributed by atoms with Gasteiger partial charge in [0, 0.05) is 12.7 Å². The monoisotopic (exact) mass is 343 g/mol. The normalized spacial score (nSPS) is 13.1. The van der Waals surface area contributed by atoms with Crippen LogP contribution in [0.4, 0.5) is 4.79 Å². The molecule has 1 aromatic heterocycles. The molecule has 0 saturated heterocycles. The fourth-order valence-corrected chi connectivity index (χ4v) is 2.51. The predicted octanol–water partition coefficient (Wildman–Crippen LogP) is 0.684. The average molecular weight is 343 g/mol. The van der Waals surface area contributed by atoms with Crippen LogP contribution in [-0.2, 0) is 0 Å². The molecule has 1 aromatic carbocycles. The van der Waals surface area contributed by atoms with Gasteiger partial charge in [-0.25, -0.2) is 14.8 Å². The molecular weight excluding hydrogens is 326 g/mol. The molecule has 1 aliphatic rings. The zero-order valence-electron chi connectivity index (χ0n) is 13.4. The van der Waals surface area contributed by atoms with Gasteiger partial charge in [0.15, 0.2) is 0 Å². The van der Waals surface area contributed by atoms with Gasteiger partial charge in [-0.3, -0.25) is 9.59 Å². The average Bonchev–Trinajstić information content (AvgIpc) is 3.20. The van der Waals surface area contributed by atoms with E-state index in [0.29, 0.717) is 19.4 Å². The van der Waals surface area contributed by atoms with Crippen molar-refractivity contribution in [2.24, 2.45) is 5.73 Å². The number of imide groups is 1. The third kappa shape index (κ3) is 3.22. The first-order valence-corrected chi connectivity index (χ1v) is 7.79. The summed E-state index contributed by atoms with van der Waals surface area (Å²) in [7, 11) is 0. The van der Waals surface area contributed by atoms with Crippen LogP contribution < -0.4 is 10.6 Å². The zero-order chi connectivity index (χ0) is 17.8. The van der Waals surface area contributed by atoms with E-state index in [2.05, 4.69) is 4.98 Å². The van der Waals surface area contributed by atoms with Gasteiger partial charge >= 0.3 is 6.09 Å². The number of nitrogens with zero attached hydrogens (tertiary/aromatic N) is 4. The van der Waals surface area contributed by atoms with Crippen molar-refractivity contribution < 1.29 is 19.2 Å². The van der Waals surface area contributed by atoms with Crippen LogP contribution in [-0.4, -0.2) is 50.7 Å². The summed E-state index contributed by atoms with van der Waals surface area (Å²) in [6.45, 7) is 0.558. The van der Waals surface area contributed by atoms with Crippen molar-refractivity contribution in [3.05, 3.63) is 54.1 Å². The minimum atomic E-state index is -0.857. The first-order chi connectivity index (χ1) is 12.1. The second kappa shape index (κ2) is 7.14. The predicted molar refractivity (Wildman–Crippen MR) is 86.1 cm³/mol. The van der Waals surface area contributed by atoms with Crippen LogP contribution in [0.5, 0.6) is 0 Å². The van der Waals surface area contributed by atoms with E-state index in [-0.39, 0.29) is 17.7 Å². The third-order valence-corrected chi connectivity index (χ3v) is 3.71. The topological polar surface area (TPSA) is 111 Å². The highest BCUT2D eigenvalue weighted by atomic mass is 16.7. The van der Waals surface area contributed by atoms with Gasteiger partial charge in [-0.15, -0.1) is 0 Å². The SMILES string of the molecule is NCCCCN(C(=O)On1ccnc1)N1C(=O)c2ccccc2C1=O. The van der Waals surface area contributed by atoms with Gasteiger partial charge in [0.1, 0.15) is 6.33 Å². The second-order valence-corrected chi connectivity index (χ2v) is 5.37. The fraction of sp³-hybridized carbons (Fsp3) is 0.250. The number of carbonyl (C=O) groups is 3. The van der Waals surface area contributed by atoms with Gasteiger partial charge in [-0.1, -0.05) is 12.1 Å². The number of hydrazine groups is 1. The van der Waals surface area contributed by atoms with Crippen LogP contribution in [0.25, 0.3) is 0 Å². The summed E-state index contributed by atoms with van der Waals surface area (Å²) < 4.78 is 1.09. The van der Waals surface area contributed by atoms with Crippen LogP contribution >= 0.6 is 0 Å². The molecule has 0 atom stereocenters. The molecule has 25 heavy (non-hydrogen) atoms. The Morgan fingerprint density at radius 1 is 1.16 bits per heavy atom. The minimum Gasteiger partial charge on any atom is -0.330 e. The summed E-state index contributed by atoms with van der Waals surface area (Å²) in [6, 6.07) is 6.43. The first kappa shape index (κ1) is 16.7. The number of rotatable bonds is 6. The third-order valence-electron chi connectivity index (χ3n) is 3.71. The van der Waals surface area contributed by atoms with Crippen LogP contribution in [0.15, 0.2) is 43.0 Å². The Balaban J connectivity index is 1.85. The Kier molecular flexibility index (Phi) is 4.75. The minimum absolute atomic E-state index is 0.121. The molecule has 0 spiro atoms. The van der Waals surface area contributed by atoms with Gasteiger partial charge in [-0.05, 0) is 31.5 Å². The van der Waals surface area contributed by atoms with Crippen molar-refractivity contribution in [2.45, 2.75) is 12.8 Å². The molecule has 9 heteroatoms. The van der Waals surface area contributed by atoms with Crippen molar-refractivity contribution in [2.75, 3.05) is 13.1 Å². The number of imidazole rings is 1. The van der Waals surface area contributed by atoms with E-state index < -0.39 is 17.9 Å². The standard InChI is InChI=1S/C16H17N5O4/c17-7-3-4-9-20(16(24)25-19-10-8-18-11-19)21-14(22)12-5-1-2-6-13(12)15(21)23/h1-2,5-6,8,10-11H,3-4,7,9,17H2. The molecule has 3 amide bonds. The number of benzene rings is 1. The van der Waals surface area contributed by atoms with E-state index in [1.165, 1.54) is 18.7 Å². The maximum Gasteiger partial charge on any atom is 0.454 e. The van der Waals surface area contributed by atoms with E-state index in [1.54, 1.807) is 24.3 Å². The molecule has 0 bridgehead atoms. The van der Waals surface area contributed by atoms with Crippen molar-refractivity contribution in [3.63, 3.8) is 0 Å². The zero-order valence-corrected chi connectivity index (χ0v) is 13.4. The Morgan fingerprint density at radius 3 is 2.40 bits per heavy atom. The van der Waals surface area contributed by atoms with E-state index >= 15 is 0 Å². The van der Waals surface area contributed by atoms with E-state index in [4.69, 9.17) is 10.6 Å². The Labute approximate surface area is 143 Å². The molecule has 1 aliphatic heterocycles. The number of carbonyl (C=O) groups excluding carboxylic acids is 3. The van der Waals surface area contributed by atoms with E-state index in [1.807, 2.05) is 0 Å². The molecule has 9 nitrogen and oxygen atoms in total. The Hall–Kier alpha value is -3.20. The number of amides is 3. The van der Waals surface area contributed by atoms with Gasteiger partial charge in [-0.2, -0.15) is 9.74 Å². The van der Waals surface area contributed by atoms with Gasteiger partial charge < -0.3 is 10.6 Å². The molecule has 130 valence electrons. The van der Waals surface area contributed by atoms with Gasteiger partial charge in [0.05, 0.1) is 17.3 Å². The highest BCUT2D eigenvalue weighted by Crippen LogP contribution is 2.24. The molecule has 2 heterocycles. The Bertz CT molecular complexity index is 755. The highest BCUT2D eigenvalue weighted by Gasteiger charge is 2.41. The van der Waals surface area contributed by atoms with Gasteiger partial charge in [0.25, 0.3) is 11.8 Å². The number of aromatic nitrogens is 2. The lowest BCUT2D eigenvalue weighted by atomic mass is 10.1. The summed E-state index contributed by atoms with van der Waals surface area (Å²) in [5.41, 5.74) is 6.00. The van der Waals surface area contributed by atoms with E-state index in [0.717, 1.165) is 14.7 Å². The van der Waals surface area contributed by atoms with Crippen molar-refractivity contribution in [3.8, 4) is 0 Å². The van der Waals surface area contributed by atoms with Crippen LogP contribution in [0.1, 0.15) is 33.6 Å². The Morgan fingerprint density at radius 2 is 1.84 bits per heavy atom. The number of fused-ring (bicyclic) bond motifs is 1. The second-order valence-electron chi connectivity index (χ2n) is 5.37. The lowest BCUT2D eigenvalue weighted by Crippen LogP contribution is -2.52. The van der Waals surface area contributed by atoms with Crippen molar-refractivity contribution >= 4 is 17.9 Å². The number of hydrogen-bond donors (Lipinski definition) is 1. The molecule has 0 saturated carbocycles. The summed E-state index contributed by atoms with van der Waals surface area (Å²) in [6.07, 6.45) is 4.45. The summed E-state index contributed by atoms with van der Waals surface area (Å²) in [4.78, 5) is 46.6. The smallest absolute Gasteiger partial charge is 0.330 e. The molecule has 0 aliphatic carbocycles. The van der Waals surface area contributed by atoms with Crippen molar-refractivity contribution in [1.29, 1.82) is 0 Å². The molecule has 0 radical (unpaired) electrons. The van der Waals surface area contributed by atoms with Crippen LogP contribution in [0.3, 0.4) is 0 Å². The molecular formula is C16H17N5O4. The molecule has 3 rings (SSSR count). The van der Waals surface area contributed by atoms with Crippen LogP contribution in [0, 0.1) is 0 Å². The molecule has 2 aromatic rings.